The van der Waals surface area contributed by atoms with Crippen LogP contribution in [0, 0.1) is 0 Å². The fourth-order valence-corrected chi connectivity index (χ4v) is 7.24. The molecule has 11 nitrogen and oxygen atoms in total. The fraction of sp³-hybridized carbons (Fsp3) is 0.343. The van der Waals surface area contributed by atoms with E-state index in [-0.39, 0.29) is 24.4 Å². The SMILES string of the molecule is COc1ccc(CCN(Cc2ccc3c(c2)OCO3)Cc2nc(C(=O)N3CCC(n4c(=O)[nH]c5ccccc54)CC3)cs2)cc1OC. The van der Waals surface area contributed by atoms with Crippen molar-refractivity contribution in [3.05, 3.63) is 98.4 Å². The van der Waals surface area contributed by atoms with Crippen molar-refractivity contribution in [1.29, 1.82) is 0 Å². The second-order valence-corrected chi connectivity index (χ2v) is 12.7. The number of aromatic nitrogens is 3. The maximum absolute atomic E-state index is 13.5. The summed E-state index contributed by atoms with van der Waals surface area (Å²) >= 11 is 1.50. The molecular weight excluding hydrogens is 618 g/mol. The Bertz CT molecular complexity index is 1940. The lowest BCUT2D eigenvalue weighted by atomic mass is 10.0. The highest BCUT2D eigenvalue weighted by atomic mass is 32.1. The summed E-state index contributed by atoms with van der Waals surface area (Å²) in [6, 6.07) is 19.8. The summed E-state index contributed by atoms with van der Waals surface area (Å²) in [5, 5.41) is 2.74. The molecule has 2 aliphatic heterocycles. The van der Waals surface area contributed by atoms with Crippen molar-refractivity contribution < 1.29 is 23.7 Å². The van der Waals surface area contributed by atoms with E-state index in [4.69, 9.17) is 23.9 Å². The number of fused-ring (bicyclic) bond motifs is 2. The van der Waals surface area contributed by atoms with Gasteiger partial charge >= 0.3 is 5.69 Å². The molecule has 0 radical (unpaired) electrons. The monoisotopic (exact) mass is 655 g/mol. The Hall–Kier alpha value is -4.81. The molecule has 0 saturated carbocycles. The molecule has 47 heavy (non-hydrogen) atoms. The summed E-state index contributed by atoms with van der Waals surface area (Å²) in [4.78, 5) is 38.2. The number of ether oxygens (including phenoxy) is 4. The van der Waals surface area contributed by atoms with E-state index < -0.39 is 0 Å². The van der Waals surface area contributed by atoms with Gasteiger partial charge in [-0.1, -0.05) is 24.3 Å². The molecule has 1 saturated heterocycles. The number of amides is 1. The number of imidazole rings is 1. The number of carbonyl (C=O) groups is 1. The largest absolute Gasteiger partial charge is 0.493 e. The molecular formula is C35H37N5O6S. The molecule has 0 atom stereocenters. The Morgan fingerprint density at radius 1 is 0.979 bits per heavy atom. The molecule has 5 aromatic rings. The molecule has 12 heteroatoms. The Kier molecular flexibility index (Phi) is 8.86. The predicted octanol–water partition coefficient (Wildman–Crippen LogP) is 5.25. The first-order valence-corrected chi connectivity index (χ1v) is 16.6. The Morgan fingerprint density at radius 3 is 2.60 bits per heavy atom. The van der Waals surface area contributed by atoms with Gasteiger partial charge in [0.15, 0.2) is 23.0 Å². The molecule has 1 fully saturated rings. The van der Waals surface area contributed by atoms with E-state index in [0.717, 1.165) is 51.6 Å². The highest BCUT2D eigenvalue weighted by Gasteiger charge is 2.28. The minimum absolute atomic E-state index is 0.0455. The average Bonchev–Trinajstić information content (AvgIpc) is 3.85. The maximum Gasteiger partial charge on any atom is 0.326 e. The number of nitrogens with one attached hydrogen (secondary N) is 1. The number of carbonyl (C=O) groups excluding carboxylic acids is 1. The lowest BCUT2D eigenvalue weighted by molar-refractivity contribution is 0.0689. The van der Waals surface area contributed by atoms with Crippen molar-refractivity contribution in [2.45, 2.75) is 38.4 Å². The van der Waals surface area contributed by atoms with Crippen LogP contribution in [0.25, 0.3) is 11.0 Å². The number of thiazole rings is 1. The molecule has 2 aromatic heterocycles. The quantitative estimate of drug-likeness (QED) is 0.205. The summed E-state index contributed by atoms with van der Waals surface area (Å²) in [6.45, 7) is 3.40. The highest BCUT2D eigenvalue weighted by Crippen LogP contribution is 2.33. The first-order chi connectivity index (χ1) is 23.0. The summed E-state index contributed by atoms with van der Waals surface area (Å²) < 4.78 is 23.9. The molecule has 3 aromatic carbocycles. The van der Waals surface area contributed by atoms with E-state index in [2.05, 4.69) is 22.0 Å². The Balaban J connectivity index is 1.02. The Morgan fingerprint density at radius 2 is 1.77 bits per heavy atom. The number of nitrogens with zero attached hydrogens (tertiary/aromatic N) is 4. The van der Waals surface area contributed by atoms with Crippen LogP contribution in [0.5, 0.6) is 23.0 Å². The van der Waals surface area contributed by atoms with E-state index in [1.54, 1.807) is 14.2 Å². The summed E-state index contributed by atoms with van der Waals surface area (Å²) in [5.41, 5.74) is 4.34. The van der Waals surface area contributed by atoms with Gasteiger partial charge in [0, 0.05) is 37.6 Å². The zero-order chi connectivity index (χ0) is 32.3. The normalized spacial score (nSPS) is 14.7. The zero-order valence-electron chi connectivity index (χ0n) is 26.4. The minimum Gasteiger partial charge on any atom is -0.493 e. The summed E-state index contributed by atoms with van der Waals surface area (Å²) in [7, 11) is 3.27. The van der Waals surface area contributed by atoms with Gasteiger partial charge < -0.3 is 28.8 Å². The minimum atomic E-state index is -0.100. The van der Waals surface area contributed by atoms with Gasteiger partial charge in [-0.25, -0.2) is 9.78 Å². The number of piperidine rings is 1. The molecule has 244 valence electrons. The number of methoxy groups -OCH3 is 2. The van der Waals surface area contributed by atoms with Gasteiger partial charge in [-0.3, -0.25) is 14.3 Å². The van der Waals surface area contributed by atoms with Crippen LogP contribution in [0.3, 0.4) is 0 Å². The average molecular weight is 656 g/mol. The first kappa shape index (κ1) is 30.8. The number of benzene rings is 3. The van der Waals surface area contributed by atoms with Crippen LogP contribution in [0.2, 0.25) is 0 Å². The lowest BCUT2D eigenvalue weighted by Crippen LogP contribution is -2.40. The van der Waals surface area contributed by atoms with Crippen molar-refractivity contribution in [3.63, 3.8) is 0 Å². The van der Waals surface area contributed by atoms with Gasteiger partial charge in [0.05, 0.1) is 31.8 Å². The number of rotatable bonds is 11. The number of hydrogen-bond donors (Lipinski definition) is 1. The third-order valence-electron chi connectivity index (χ3n) is 8.88. The van der Waals surface area contributed by atoms with E-state index >= 15 is 0 Å². The lowest BCUT2D eigenvalue weighted by Gasteiger charge is -2.32. The van der Waals surface area contributed by atoms with E-state index in [1.807, 2.05) is 63.4 Å². The van der Waals surface area contributed by atoms with Crippen molar-refractivity contribution in [2.24, 2.45) is 0 Å². The Labute approximate surface area is 276 Å². The molecule has 2 aliphatic rings. The molecule has 0 unspecified atom stereocenters. The molecule has 0 bridgehead atoms. The number of para-hydroxylation sites is 2. The van der Waals surface area contributed by atoms with E-state index in [0.29, 0.717) is 56.2 Å². The van der Waals surface area contributed by atoms with Gasteiger partial charge in [0.25, 0.3) is 5.91 Å². The van der Waals surface area contributed by atoms with Gasteiger partial charge in [0.2, 0.25) is 6.79 Å². The number of H-pyrrole nitrogens is 1. The van der Waals surface area contributed by atoms with E-state index in [9.17, 15) is 9.59 Å². The molecule has 1 amide bonds. The summed E-state index contributed by atoms with van der Waals surface area (Å²) in [6.07, 6.45) is 2.21. The van der Waals surface area contributed by atoms with Crippen molar-refractivity contribution in [2.75, 3.05) is 40.6 Å². The van der Waals surface area contributed by atoms with Crippen LogP contribution < -0.4 is 24.6 Å². The van der Waals surface area contributed by atoms with Gasteiger partial charge in [-0.05, 0) is 66.8 Å². The topological polar surface area (TPSA) is 111 Å². The van der Waals surface area contributed by atoms with Crippen molar-refractivity contribution >= 4 is 28.3 Å². The summed E-state index contributed by atoms with van der Waals surface area (Å²) in [5.74, 6) is 2.84. The second-order valence-electron chi connectivity index (χ2n) is 11.8. The molecule has 4 heterocycles. The smallest absolute Gasteiger partial charge is 0.326 e. The third kappa shape index (κ3) is 6.56. The standard InChI is InChI=1S/C35H37N5O6S/c1-43-29-9-7-23(17-31(29)44-2)11-14-38(19-24-8-10-30-32(18-24)46-22-45-30)20-33-36-27(21-47-33)34(41)39-15-12-25(13-16-39)40-28-6-4-3-5-26(28)37-35(40)42/h3-10,17-18,21,25H,11-16,19-20,22H2,1-2H3,(H,37,42). The van der Waals surface area contributed by atoms with Crippen LogP contribution in [-0.2, 0) is 19.5 Å². The molecule has 1 N–H and O–H groups in total. The second kappa shape index (κ2) is 13.5. The van der Waals surface area contributed by atoms with Gasteiger partial charge in [-0.15, -0.1) is 11.3 Å². The van der Waals surface area contributed by atoms with Crippen molar-refractivity contribution in [1.82, 2.24) is 24.3 Å². The van der Waals surface area contributed by atoms with Crippen LogP contribution in [-0.4, -0.2) is 70.9 Å². The molecule has 7 rings (SSSR count). The van der Waals surface area contributed by atoms with Crippen molar-refractivity contribution in [3.8, 4) is 23.0 Å². The van der Waals surface area contributed by atoms with Gasteiger partial charge in [-0.2, -0.15) is 0 Å². The molecule has 0 aliphatic carbocycles. The van der Waals surface area contributed by atoms with E-state index in [1.165, 1.54) is 11.3 Å². The number of hydrogen-bond acceptors (Lipinski definition) is 9. The number of likely N-dealkylation sites (tertiary alicyclic amines) is 1. The van der Waals surface area contributed by atoms with Crippen LogP contribution in [0.15, 0.2) is 70.8 Å². The maximum atomic E-state index is 13.5. The zero-order valence-corrected chi connectivity index (χ0v) is 27.3. The predicted molar refractivity (Wildman–Crippen MR) is 179 cm³/mol. The number of aromatic amines is 1. The van der Waals surface area contributed by atoms with Gasteiger partial charge in [0.1, 0.15) is 10.7 Å². The third-order valence-corrected chi connectivity index (χ3v) is 9.71. The van der Waals surface area contributed by atoms with Crippen LogP contribution in [0.4, 0.5) is 0 Å². The fourth-order valence-electron chi connectivity index (χ4n) is 6.43. The first-order valence-electron chi connectivity index (χ1n) is 15.7. The molecule has 0 spiro atoms. The van der Waals surface area contributed by atoms with Crippen LogP contribution >= 0.6 is 11.3 Å². The van der Waals surface area contributed by atoms with Crippen LogP contribution in [0.1, 0.15) is 45.5 Å². The highest BCUT2D eigenvalue weighted by molar-refractivity contribution is 7.09.